The molecule has 25 heavy (non-hydrogen) atoms. The first-order chi connectivity index (χ1) is 12.2. The standard InChI is InChI=1S/C20H24N2O2S/c1-24-14-8-6-13(7-9-14)16-10-22(11-18(16)21)20(23)17-12-25-19-5-3-2-4-15(17)19/h6-9,12,16,18H,2-5,10-11,21H2,1H3/t16-,18+/m0/s1. The summed E-state index contributed by atoms with van der Waals surface area (Å²) >= 11 is 1.75. The first kappa shape index (κ1) is 16.6. The molecule has 1 amide bonds. The van der Waals surface area contributed by atoms with Crippen LogP contribution >= 0.6 is 11.3 Å². The number of methoxy groups -OCH3 is 1. The SMILES string of the molecule is COc1ccc([C@@H]2CN(C(=O)c3csc4c3CCCC4)C[C@H]2N)cc1. The van der Waals surface area contributed by atoms with Crippen LogP contribution in [0.2, 0.25) is 0 Å². The molecule has 0 unspecified atom stereocenters. The molecule has 132 valence electrons. The molecule has 2 aromatic rings. The van der Waals surface area contributed by atoms with Gasteiger partial charge in [0.25, 0.3) is 5.91 Å². The van der Waals surface area contributed by atoms with Crippen LogP contribution < -0.4 is 10.5 Å². The number of hydrogen-bond acceptors (Lipinski definition) is 4. The number of carbonyl (C=O) groups is 1. The predicted octanol–water partition coefficient (Wildman–Crippen LogP) is 3.20. The Labute approximate surface area is 152 Å². The molecule has 5 heteroatoms. The van der Waals surface area contributed by atoms with Gasteiger partial charge in [-0.05, 0) is 48.9 Å². The Bertz CT molecular complexity index is 769. The molecular formula is C20H24N2O2S. The number of amides is 1. The van der Waals surface area contributed by atoms with E-state index in [1.54, 1.807) is 18.4 Å². The van der Waals surface area contributed by atoms with E-state index in [1.165, 1.54) is 28.8 Å². The molecular weight excluding hydrogens is 332 g/mol. The molecule has 4 rings (SSSR count). The number of fused-ring (bicyclic) bond motifs is 1. The van der Waals surface area contributed by atoms with Crippen LogP contribution in [0.1, 0.15) is 45.1 Å². The number of benzene rings is 1. The number of nitrogens with two attached hydrogens (primary N) is 1. The zero-order valence-electron chi connectivity index (χ0n) is 14.5. The van der Waals surface area contributed by atoms with E-state index >= 15 is 0 Å². The Morgan fingerprint density at radius 3 is 2.72 bits per heavy atom. The lowest BCUT2D eigenvalue weighted by Gasteiger charge is -2.18. The highest BCUT2D eigenvalue weighted by atomic mass is 32.1. The van der Waals surface area contributed by atoms with Gasteiger partial charge in [-0.15, -0.1) is 11.3 Å². The molecule has 1 aromatic carbocycles. The average Bonchev–Trinajstić information content (AvgIpc) is 3.25. The summed E-state index contributed by atoms with van der Waals surface area (Å²) in [6.45, 7) is 1.32. The van der Waals surface area contributed by atoms with Crippen LogP contribution in [-0.4, -0.2) is 37.0 Å². The van der Waals surface area contributed by atoms with Gasteiger partial charge in [0.15, 0.2) is 0 Å². The lowest BCUT2D eigenvalue weighted by Crippen LogP contribution is -2.32. The Morgan fingerprint density at radius 1 is 1.20 bits per heavy atom. The van der Waals surface area contributed by atoms with E-state index in [0.29, 0.717) is 13.1 Å². The first-order valence-corrected chi connectivity index (χ1v) is 9.83. The summed E-state index contributed by atoms with van der Waals surface area (Å²) in [6.07, 6.45) is 4.61. The predicted molar refractivity (Wildman–Crippen MR) is 101 cm³/mol. The van der Waals surface area contributed by atoms with Crippen LogP contribution in [0.15, 0.2) is 29.6 Å². The smallest absolute Gasteiger partial charge is 0.255 e. The third-order valence-electron chi connectivity index (χ3n) is 5.49. The molecule has 0 radical (unpaired) electrons. The van der Waals surface area contributed by atoms with E-state index in [9.17, 15) is 4.79 Å². The molecule has 2 atom stereocenters. The molecule has 4 nitrogen and oxygen atoms in total. The summed E-state index contributed by atoms with van der Waals surface area (Å²) in [7, 11) is 1.66. The van der Waals surface area contributed by atoms with Gasteiger partial charge >= 0.3 is 0 Å². The van der Waals surface area contributed by atoms with Gasteiger partial charge in [0, 0.05) is 35.3 Å². The fourth-order valence-corrected chi connectivity index (χ4v) is 5.16. The number of thiophene rings is 1. The highest BCUT2D eigenvalue weighted by Crippen LogP contribution is 2.33. The lowest BCUT2D eigenvalue weighted by molar-refractivity contribution is 0.0788. The van der Waals surface area contributed by atoms with Crippen molar-refractivity contribution in [3.05, 3.63) is 51.2 Å². The van der Waals surface area contributed by atoms with Crippen LogP contribution in [0.3, 0.4) is 0 Å². The third kappa shape index (κ3) is 3.07. The summed E-state index contributed by atoms with van der Waals surface area (Å²) in [6, 6.07) is 8.02. The molecule has 0 spiro atoms. The maximum atomic E-state index is 13.1. The van der Waals surface area contributed by atoms with E-state index in [1.807, 2.05) is 17.0 Å². The quantitative estimate of drug-likeness (QED) is 0.919. The molecule has 1 fully saturated rings. The number of nitrogens with zero attached hydrogens (tertiary/aromatic N) is 1. The first-order valence-electron chi connectivity index (χ1n) is 8.95. The van der Waals surface area contributed by atoms with Crippen molar-refractivity contribution < 1.29 is 9.53 Å². The molecule has 0 bridgehead atoms. The van der Waals surface area contributed by atoms with Crippen LogP contribution in [0, 0.1) is 0 Å². The second-order valence-electron chi connectivity index (χ2n) is 7.01. The van der Waals surface area contributed by atoms with Crippen molar-refractivity contribution >= 4 is 17.2 Å². The molecule has 2 heterocycles. The van der Waals surface area contributed by atoms with Crippen molar-refractivity contribution in [1.29, 1.82) is 0 Å². The van der Waals surface area contributed by atoms with Gasteiger partial charge in [-0.2, -0.15) is 0 Å². The average molecular weight is 356 g/mol. The van der Waals surface area contributed by atoms with Gasteiger partial charge < -0.3 is 15.4 Å². The van der Waals surface area contributed by atoms with E-state index in [0.717, 1.165) is 24.2 Å². The highest BCUT2D eigenvalue weighted by Gasteiger charge is 2.35. The molecule has 2 aliphatic rings. The van der Waals surface area contributed by atoms with Crippen LogP contribution in [0.4, 0.5) is 0 Å². The van der Waals surface area contributed by atoms with Gasteiger partial charge in [-0.1, -0.05) is 12.1 Å². The summed E-state index contributed by atoms with van der Waals surface area (Å²) in [5.41, 5.74) is 9.77. The minimum Gasteiger partial charge on any atom is -0.497 e. The van der Waals surface area contributed by atoms with Gasteiger partial charge in [-0.3, -0.25) is 4.79 Å². The Hall–Kier alpha value is -1.85. The number of carbonyl (C=O) groups excluding carboxylic acids is 1. The van der Waals surface area contributed by atoms with Crippen LogP contribution in [-0.2, 0) is 12.8 Å². The molecule has 1 aliphatic heterocycles. The normalized spacial score (nSPS) is 22.7. The summed E-state index contributed by atoms with van der Waals surface area (Å²) < 4.78 is 5.23. The van der Waals surface area contributed by atoms with Crippen molar-refractivity contribution in [1.82, 2.24) is 4.90 Å². The fraction of sp³-hybridized carbons (Fsp3) is 0.450. The van der Waals surface area contributed by atoms with E-state index in [-0.39, 0.29) is 17.9 Å². The second-order valence-corrected chi connectivity index (χ2v) is 7.98. The third-order valence-corrected chi connectivity index (χ3v) is 6.58. The second kappa shape index (κ2) is 6.81. The van der Waals surface area contributed by atoms with Crippen molar-refractivity contribution in [2.45, 2.75) is 37.6 Å². The van der Waals surface area contributed by atoms with Crippen molar-refractivity contribution in [2.24, 2.45) is 5.73 Å². The minimum atomic E-state index is -0.0215. The summed E-state index contributed by atoms with van der Waals surface area (Å²) in [5, 5.41) is 2.06. The van der Waals surface area contributed by atoms with Gasteiger partial charge in [0.1, 0.15) is 5.75 Å². The summed E-state index contributed by atoms with van der Waals surface area (Å²) in [5.74, 6) is 1.18. The van der Waals surface area contributed by atoms with Crippen LogP contribution in [0.5, 0.6) is 5.75 Å². The van der Waals surface area contributed by atoms with Crippen molar-refractivity contribution in [3.8, 4) is 5.75 Å². The maximum absolute atomic E-state index is 13.1. The van der Waals surface area contributed by atoms with Gasteiger partial charge in [-0.25, -0.2) is 0 Å². The molecule has 1 saturated heterocycles. The van der Waals surface area contributed by atoms with E-state index in [4.69, 9.17) is 10.5 Å². The molecule has 0 saturated carbocycles. The molecule has 1 aromatic heterocycles. The molecule has 1 aliphatic carbocycles. The topological polar surface area (TPSA) is 55.6 Å². The summed E-state index contributed by atoms with van der Waals surface area (Å²) in [4.78, 5) is 16.4. The number of hydrogen-bond donors (Lipinski definition) is 1. The Morgan fingerprint density at radius 2 is 1.96 bits per heavy atom. The largest absolute Gasteiger partial charge is 0.497 e. The lowest BCUT2D eigenvalue weighted by atomic mass is 9.95. The zero-order chi connectivity index (χ0) is 17.4. The fourth-order valence-electron chi connectivity index (χ4n) is 4.04. The molecule has 2 N–H and O–H groups in total. The van der Waals surface area contributed by atoms with Gasteiger partial charge in [0.2, 0.25) is 0 Å². The number of aryl methyl sites for hydroxylation is 1. The monoisotopic (exact) mass is 356 g/mol. The Kier molecular flexibility index (Phi) is 4.52. The Balaban J connectivity index is 1.52. The van der Waals surface area contributed by atoms with Crippen LogP contribution in [0.25, 0.3) is 0 Å². The number of likely N-dealkylation sites (tertiary alicyclic amines) is 1. The van der Waals surface area contributed by atoms with E-state index in [2.05, 4.69) is 17.5 Å². The minimum absolute atomic E-state index is 0.0215. The zero-order valence-corrected chi connectivity index (χ0v) is 15.3. The number of rotatable bonds is 3. The van der Waals surface area contributed by atoms with Crippen molar-refractivity contribution in [2.75, 3.05) is 20.2 Å². The van der Waals surface area contributed by atoms with Crippen molar-refractivity contribution in [3.63, 3.8) is 0 Å². The highest BCUT2D eigenvalue weighted by molar-refractivity contribution is 7.10. The number of ether oxygens (including phenoxy) is 1. The van der Waals surface area contributed by atoms with Gasteiger partial charge in [0.05, 0.1) is 12.7 Å². The maximum Gasteiger partial charge on any atom is 0.255 e. The van der Waals surface area contributed by atoms with E-state index < -0.39 is 0 Å².